The molecular weight excluding hydrogens is 881 g/mol. The SMILES string of the molecule is CC1(C)c2ccccc2-c2c(-c3ccccc3)cc(N(c3ccc(-c4ccccc4)cc3)c3cc4ccc3CCc3ccc(c(N(c5ccccc5)c5ccc(C67CC8CC(CC(C8)C6)C7)cc5)c3)CC4)cc21. The summed E-state index contributed by atoms with van der Waals surface area (Å²) in [5.41, 5.74) is 25.0. The van der Waals surface area contributed by atoms with Gasteiger partial charge < -0.3 is 9.80 Å². The quantitative estimate of drug-likeness (QED) is 0.142. The third-order valence-electron chi connectivity index (χ3n) is 18.2. The standard InChI is InChI=1S/C71H64N2/c1-70(2)65-21-13-12-20-63(65)69-64(55-16-8-4-9-17-55)43-62(44-66(69)70)73(60-34-30-54(31-35-60)53-14-6-3-7-15-53)68-42-49-23-27-56-26-22-48(24-28-57(68)29-25-49)41-67(56)72(59-18-10-5-11-19-59)61-36-32-58(33-37-61)71-45-50-38-51(46-71)40-52(39-50)47-71/h3-22,25-26,29-37,41-44,50-52H,23-24,27-28,38-40,45-47H2,1-2H3. The highest BCUT2D eigenvalue weighted by Crippen LogP contribution is 2.61. The molecule has 9 aliphatic rings. The Kier molecular flexibility index (Phi) is 10.7. The Labute approximate surface area is 433 Å². The summed E-state index contributed by atoms with van der Waals surface area (Å²) < 4.78 is 0. The zero-order valence-corrected chi connectivity index (χ0v) is 42.4. The molecule has 358 valence electrons. The van der Waals surface area contributed by atoms with Crippen molar-refractivity contribution >= 4 is 34.1 Å². The van der Waals surface area contributed by atoms with Crippen molar-refractivity contribution < 1.29 is 0 Å². The van der Waals surface area contributed by atoms with E-state index in [-0.39, 0.29) is 5.41 Å². The van der Waals surface area contributed by atoms with Crippen molar-refractivity contribution in [1.82, 2.24) is 0 Å². The highest BCUT2D eigenvalue weighted by Gasteiger charge is 2.51. The van der Waals surface area contributed by atoms with Crippen molar-refractivity contribution in [2.24, 2.45) is 17.8 Å². The fourth-order valence-electron chi connectivity index (χ4n) is 15.0. The lowest BCUT2D eigenvalue weighted by atomic mass is 9.48. The molecule has 18 rings (SSSR count). The van der Waals surface area contributed by atoms with Crippen LogP contribution in [0, 0.1) is 17.8 Å². The van der Waals surface area contributed by atoms with Gasteiger partial charge in [0.05, 0.1) is 0 Å². The van der Waals surface area contributed by atoms with Gasteiger partial charge in [-0.15, -0.1) is 0 Å². The van der Waals surface area contributed by atoms with Crippen molar-refractivity contribution in [3.8, 4) is 33.4 Å². The topological polar surface area (TPSA) is 6.48 Å². The van der Waals surface area contributed by atoms with E-state index in [4.69, 9.17) is 0 Å². The summed E-state index contributed by atoms with van der Waals surface area (Å²) in [7, 11) is 0. The molecule has 0 radical (unpaired) electrons. The third kappa shape index (κ3) is 7.76. The maximum absolute atomic E-state index is 2.59. The van der Waals surface area contributed by atoms with Crippen molar-refractivity contribution in [2.75, 3.05) is 9.80 Å². The number of nitrogens with zero attached hydrogens (tertiary/aromatic N) is 2. The predicted molar refractivity (Wildman–Crippen MR) is 305 cm³/mol. The van der Waals surface area contributed by atoms with Crippen LogP contribution in [0.5, 0.6) is 0 Å². The number of anilines is 6. The predicted octanol–water partition coefficient (Wildman–Crippen LogP) is 18.6. The van der Waals surface area contributed by atoms with Crippen LogP contribution in [-0.2, 0) is 36.5 Å². The van der Waals surface area contributed by atoms with Gasteiger partial charge in [-0.05, 0) is 220 Å². The summed E-state index contributed by atoms with van der Waals surface area (Å²) in [5.74, 6) is 2.80. The van der Waals surface area contributed by atoms with Gasteiger partial charge in [0, 0.05) is 39.5 Å². The monoisotopic (exact) mass is 945 g/mol. The molecule has 0 N–H and O–H groups in total. The lowest BCUT2D eigenvalue weighted by Crippen LogP contribution is -2.48. The molecule has 4 saturated carbocycles. The highest BCUT2D eigenvalue weighted by molar-refractivity contribution is 5.96. The first-order valence-electron chi connectivity index (χ1n) is 27.3. The molecule has 8 bridgehead atoms. The summed E-state index contributed by atoms with van der Waals surface area (Å²) in [6.45, 7) is 4.83. The molecule has 73 heavy (non-hydrogen) atoms. The van der Waals surface area contributed by atoms with Crippen molar-refractivity contribution in [2.45, 2.75) is 88.9 Å². The maximum atomic E-state index is 2.59. The van der Waals surface area contributed by atoms with Gasteiger partial charge in [0.1, 0.15) is 0 Å². The molecule has 4 fully saturated rings. The van der Waals surface area contributed by atoms with E-state index >= 15 is 0 Å². The van der Waals surface area contributed by atoms with E-state index in [0.29, 0.717) is 5.41 Å². The molecule has 0 amide bonds. The Morgan fingerprint density at radius 1 is 0.370 bits per heavy atom. The smallest absolute Gasteiger partial charge is 0.0496 e. The Bertz CT molecular complexity index is 3460. The van der Waals surface area contributed by atoms with Gasteiger partial charge >= 0.3 is 0 Å². The van der Waals surface area contributed by atoms with Gasteiger partial charge in [-0.25, -0.2) is 0 Å². The molecule has 0 heterocycles. The van der Waals surface area contributed by atoms with Crippen LogP contribution >= 0.6 is 0 Å². The maximum Gasteiger partial charge on any atom is 0.0496 e. The number of para-hydroxylation sites is 1. The first-order valence-corrected chi connectivity index (χ1v) is 27.3. The molecule has 0 spiro atoms. The van der Waals surface area contributed by atoms with Crippen LogP contribution < -0.4 is 9.80 Å². The van der Waals surface area contributed by atoms with Crippen molar-refractivity contribution in [3.05, 3.63) is 251 Å². The van der Waals surface area contributed by atoms with Gasteiger partial charge in [0.2, 0.25) is 0 Å². The first-order chi connectivity index (χ1) is 35.8. The normalized spacial score (nSPS) is 20.8. The zero-order chi connectivity index (χ0) is 48.7. The molecule has 2 heteroatoms. The molecule has 9 aliphatic carbocycles. The van der Waals surface area contributed by atoms with Crippen molar-refractivity contribution in [3.63, 3.8) is 0 Å². The zero-order valence-electron chi connectivity index (χ0n) is 42.4. The molecule has 0 unspecified atom stereocenters. The summed E-state index contributed by atoms with van der Waals surface area (Å²) in [4.78, 5) is 5.14. The van der Waals surface area contributed by atoms with Gasteiger partial charge in [0.25, 0.3) is 0 Å². The molecule has 0 atom stereocenters. The second-order valence-corrected chi connectivity index (χ2v) is 23.0. The fraction of sp³-hybridized carbons (Fsp3) is 0.239. The summed E-state index contributed by atoms with van der Waals surface area (Å²) in [6, 6.07) is 81.1. The van der Waals surface area contributed by atoms with Crippen LogP contribution in [0.2, 0.25) is 0 Å². The van der Waals surface area contributed by atoms with E-state index in [1.807, 2.05) is 0 Å². The Balaban J connectivity index is 0.871. The number of hydrogen-bond donors (Lipinski definition) is 0. The van der Waals surface area contributed by atoms with Gasteiger partial charge in [-0.2, -0.15) is 0 Å². The molecule has 9 aromatic carbocycles. The number of rotatable bonds is 9. The lowest BCUT2D eigenvalue weighted by Gasteiger charge is -2.57. The third-order valence-corrected chi connectivity index (χ3v) is 18.2. The minimum absolute atomic E-state index is 0.177. The summed E-state index contributed by atoms with van der Waals surface area (Å²) in [5, 5.41) is 0. The Morgan fingerprint density at radius 2 is 0.849 bits per heavy atom. The van der Waals surface area contributed by atoms with Crippen LogP contribution in [0.4, 0.5) is 34.1 Å². The van der Waals surface area contributed by atoms with E-state index in [9.17, 15) is 0 Å². The van der Waals surface area contributed by atoms with Gasteiger partial charge in [-0.3, -0.25) is 0 Å². The minimum Gasteiger partial charge on any atom is -0.310 e. The molecule has 0 aromatic heterocycles. The van der Waals surface area contributed by atoms with Crippen LogP contribution in [0.15, 0.2) is 212 Å². The number of hydrogen-bond acceptors (Lipinski definition) is 2. The van der Waals surface area contributed by atoms with Crippen LogP contribution in [-0.4, -0.2) is 0 Å². The van der Waals surface area contributed by atoms with Gasteiger partial charge in [0.15, 0.2) is 0 Å². The van der Waals surface area contributed by atoms with Crippen LogP contribution in [0.25, 0.3) is 33.4 Å². The minimum atomic E-state index is -0.177. The van der Waals surface area contributed by atoms with Crippen LogP contribution in [0.3, 0.4) is 0 Å². The second kappa shape index (κ2) is 17.7. The van der Waals surface area contributed by atoms with E-state index in [2.05, 4.69) is 236 Å². The van der Waals surface area contributed by atoms with E-state index in [0.717, 1.165) is 49.1 Å². The van der Waals surface area contributed by atoms with E-state index in [1.165, 1.54) is 134 Å². The molecule has 9 aromatic rings. The number of benzene rings is 9. The summed E-state index contributed by atoms with van der Waals surface area (Å²) >= 11 is 0. The number of aryl methyl sites for hydroxylation is 4. The average molecular weight is 945 g/mol. The Hall–Kier alpha value is -7.42. The van der Waals surface area contributed by atoms with E-state index in [1.54, 1.807) is 5.56 Å². The molecule has 0 saturated heterocycles. The average Bonchev–Trinajstić information content (AvgIpc) is 3.67. The number of fused-ring (bicyclic) bond motifs is 3. The van der Waals surface area contributed by atoms with Crippen LogP contribution in [0.1, 0.15) is 91.3 Å². The first kappa shape index (κ1) is 44.3. The molecular formula is C71H64N2. The van der Waals surface area contributed by atoms with Gasteiger partial charge in [-0.1, -0.05) is 166 Å². The van der Waals surface area contributed by atoms with Crippen molar-refractivity contribution in [1.29, 1.82) is 0 Å². The Morgan fingerprint density at radius 3 is 1.44 bits per heavy atom. The summed E-state index contributed by atoms with van der Waals surface area (Å²) in [6.07, 6.45) is 12.3. The molecule has 0 aliphatic heterocycles. The largest absolute Gasteiger partial charge is 0.310 e. The second-order valence-electron chi connectivity index (χ2n) is 23.0. The molecule has 2 nitrogen and oxygen atoms in total. The highest BCUT2D eigenvalue weighted by atomic mass is 15.2. The fourth-order valence-corrected chi connectivity index (χ4v) is 15.0. The van der Waals surface area contributed by atoms with E-state index < -0.39 is 0 Å². The lowest BCUT2D eigenvalue weighted by molar-refractivity contribution is -0.00518.